The lowest BCUT2D eigenvalue weighted by Crippen LogP contribution is -2.26. The zero-order valence-electron chi connectivity index (χ0n) is 9.86. The number of nitrogens with one attached hydrogen (secondary N) is 2. The van der Waals surface area contributed by atoms with E-state index in [0.29, 0.717) is 17.2 Å². The van der Waals surface area contributed by atoms with Crippen LogP contribution >= 0.6 is 11.8 Å². The SMILES string of the molecule is O=C1CSc2ccc(C(=O)NCC3CC3)cc2N1. The minimum absolute atomic E-state index is 0.0111. The molecule has 5 heteroatoms. The molecule has 1 aliphatic carbocycles. The summed E-state index contributed by atoms with van der Waals surface area (Å²) in [6, 6.07) is 5.46. The highest BCUT2D eigenvalue weighted by Gasteiger charge is 2.22. The number of benzene rings is 1. The lowest BCUT2D eigenvalue weighted by Gasteiger charge is -2.16. The van der Waals surface area contributed by atoms with Crippen LogP contribution in [0.25, 0.3) is 0 Å². The number of anilines is 1. The molecular weight excluding hydrogens is 248 g/mol. The van der Waals surface area contributed by atoms with Crippen LogP contribution in [0.2, 0.25) is 0 Å². The van der Waals surface area contributed by atoms with Gasteiger partial charge in [0.15, 0.2) is 0 Å². The van der Waals surface area contributed by atoms with Gasteiger partial charge in [0.1, 0.15) is 0 Å². The summed E-state index contributed by atoms with van der Waals surface area (Å²) in [7, 11) is 0. The third-order valence-corrected chi connectivity index (χ3v) is 4.20. The number of rotatable bonds is 3. The Morgan fingerprint density at radius 2 is 2.28 bits per heavy atom. The fourth-order valence-corrected chi connectivity index (χ4v) is 2.67. The van der Waals surface area contributed by atoms with Gasteiger partial charge in [0.25, 0.3) is 5.91 Å². The minimum Gasteiger partial charge on any atom is -0.352 e. The van der Waals surface area contributed by atoms with Crippen molar-refractivity contribution < 1.29 is 9.59 Å². The van der Waals surface area contributed by atoms with Gasteiger partial charge in [-0.2, -0.15) is 0 Å². The molecule has 1 aromatic rings. The van der Waals surface area contributed by atoms with E-state index in [0.717, 1.165) is 17.1 Å². The lowest BCUT2D eigenvalue weighted by molar-refractivity contribution is -0.113. The van der Waals surface area contributed by atoms with Crippen LogP contribution in [0.15, 0.2) is 23.1 Å². The van der Waals surface area contributed by atoms with Gasteiger partial charge in [0.05, 0.1) is 11.4 Å². The second kappa shape index (κ2) is 4.65. The molecule has 2 aliphatic rings. The van der Waals surface area contributed by atoms with E-state index >= 15 is 0 Å². The average molecular weight is 262 g/mol. The molecule has 0 aromatic heterocycles. The highest BCUT2D eigenvalue weighted by atomic mass is 32.2. The molecule has 1 aromatic carbocycles. The van der Waals surface area contributed by atoms with Gasteiger partial charge in [-0.3, -0.25) is 9.59 Å². The van der Waals surface area contributed by atoms with Gasteiger partial charge < -0.3 is 10.6 Å². The second-order valence-corrected chi connectivity index (χ2v) is 5.72. The van der Waals surface area contributed by atoms with E-state index in [-0.39, 0.29) is 11.8 Å². The summed E-state index contributed by atoms with van der Waals surface area (Å²) in [6.45, 7) is 0.761. The van der Waals surface area contributed by atoms with Crippen LogP contribution in [0.4, 0.5) is 5.69 Å². The van der Waals surface area contributed by atoms with Crippen molar-refractivity contribution in [2.24, 2.45) is 5.92 Å². The molecule has 0 bridgehead atoms. The number of carbonyl (C=O) groups is 2. The van der Waals surface area contributed by atoms with Crippen molar-refractivity contribution in [2.45, 2.75) is 17.7 Å². The predicted octanol–water partition coefficient (Wildman–Crippen LogP) is 1.87. The van der Waals surface area contributed by atoms with Gasteiger partial charge >= 0.3 is 0 Å². The molecule has 1 heterocycles. The maximum atomic E-state index is 11.9. The molecule has 0 spiro atoms. The predicted molar refractivity (Wildman–Crippen MR) is 70.9 cm³/mol. The highest BCUT2D eigenvalue weighted by Crippen LogP contribution is 2.32. The molecule has 1 saturated carbocycles. The van der Waals surface area contributed by atoms with Gasteiger partial charge in [0, 0.05) is 17.0 Å². The Labute approximate surface area is 110 Å². The number of hydrogen-bond donors (Lipinski definition) is 2. The van der Waals surface area contributed by atoms with E-state index in [9.17, 15) is 9.59 Å². The molecule has 18 heavy (non-hydrogen) atoms. The number of thioether (sulfide) groups is 1. The molecule has 0 atom stereocenters. The van der Waals surface area contributed by atoms with Crippen molar-refractivity contribution >= 4 is 29.3 Å². The second-order valence-electron chi connectivity index (χ2n) is 4.70. The van der Waals surface area contributed by atoms with E-state index in [4.69, 9.17) is 0 Å². The Hall–Kier alpha value is -1.49. The first kappa shape index (κ1) is 11.6. The number of amides is 2. The van der Waals surface area contributed by atoms with Crippen LogP contribution in [0.1, 0.15) is 23.2 Å². The fraction of sp³-hybridized carbons (Fsp3) is 0.385. The Kier molecular flexibility index (Phi) is 2.99. The maximum Gasteiger partial charge on any atom is 0.251 e. The van der Waals surface area contributed by atoms with E-state index in [2.05, 4.69) is 10.6 Å². The number of hydrogen-bond acceptors (Lipinski definition) is 3. The Morgan fingerprint density at radius 3 is 3.06 bits per heavy atom. The smallest absolute Gasteiger partial charge is 0.251 e. The molecule has 4 nitrogen and oxygen atoms in total. The Morgan fingerprint density at radius 1 is 1.44 bits per heavy atom. The summed E-state index contributed by atoms with van der Waals surface area (Å²) in [4.78, 5) is 24.2. The van der Waals surface area contributed by atoms with E-state index in [1.807, 2.05) is 12.1 Å². The summed E-state index contributed by atoms with van der Waals surface area (Å²) in [6.07, 6.45) is 2.44. The van der Waals surface area contributed by atoms with Crippen molar-refractivity contribution in [3.8, 4) is 0 Å². The zero-order chi connectivity index (χ0) is 12.5. The Balaban J connectivity index is 1.73. The molecule has 1 fully saturated rings. The summed E-state index contributed by atoms with van der Waals surface area (Å²) in [5, 5.41) is 5.71. The van der Waals surface area contributed by atoms with Gasteiger partial charge in [0.2, 0.25) is 5.91 Å². The first-order chi connectivity index (χ1) is 8.72. The van der Waals surface area contributed by atoms with Crippen molar-refractivity contribution in [1.82, 2.24) is 5.32 Å². The number of fused-ring (bicyclic) bond motifs is 1. The van der Waals surface area contributed by atoms with Crippen molar-refractivity contribution in [3.05, 3.63) is 23.8 Å². The topological polar surface area (TPSA) is 58.2 Å². The standard InChI is InChI=1S/C13H14N2O2S/c16-12-7-18-11-4-3-9(5-10(11)15-12)13(17)14-6-8-1-2-8/h3-5,8H,1-2,6-7H2,(H,14,17)(H,15,16). The van der Waals surface area contributed by atoms with Crippen LogP contribution in [-0.2, 0) is 4.79 Å². The largest absolute Gasteiger partial charge is 0.352 e. The van der Waals surface area contributed by atoms with Gasteiger partial charge in [-0.25, -0.2) is 0 Å². The lowest BCUT2D eigenvalue weighted by atomic mass is 10.2. The fourth-order valence-electron chi connectivity index (χ4n) is 1.89. The zero-order valence-corrected chi connectivity index (χ0v) is 10.7. The molecule has 3 rings (SSSR count). The molecular formula is C13H14N2O2S. The number of carbonyl (C=O) groups excluding carboxylic acids is 2. The molecule has 94 valence electrons. The van der Waals surface area contributed by atoms with E-state index in [1.54, 1.807) is 6.07 Å². The van der Waals surface area contributed by atoms with Crippen LogP contribution in [-0.4, -0.2) is 24.1 Å². The summed E-state index contributed by atoms with van der Waals surface area (Å²) in [5.41, 5.74) is 1.35. The molecule has 0 saturated heterocycles. The van der Waals surface area contributed by atoms with Gasteiger partial charge in [-0.15, -0.1) is 11.8 Å². The molecule has 2 N–H and O–H groups in total. The van der Waals surface area contributed by atoms with E-state index in [1.165, 1.54) is 24.6 Å². The monoisotopic (exact) mass is 262 g/mol. The van der Waals surface area contributed by atoms with Crippen molar-refractivity contribution in [3.63, 3.8) is 0 Å². The van der Waals surface area contributed by atoms with Crippen LogP contribution in [0, 0.1) is 5.92 Å². The third-order valence-electron chi connectivity index (χ3n) is 3.12. The Bertz CT molecular complexity index is 512. The van der Waals surface area contributed by atoms with E-state index < -0.39 is 0 Å². The first-order valence-corrected chi connectivity index (χ1v) is 7.06. The van der Waals surface area contributed by atoms with Gasteiger partial charge in [-0.05, 0) is 37.0 Å². The summed E-state index contributed by atoms with van der Waals surface area (Å²) >= 11 is 1.50. The molecule has 2 amide bonds. The minimum atomic E-state index is -0.0606. The average Bonchev–Trinajstić information content (AvgIpc) is 3.19. The van der Waals surface area contributed by atoms with Crippen LogP contribution in [0.5, 0.6) is 0 Å². The third kappa shape index (κ3) is 2.51. The first-order valence-electron chi connectivity index (χ1n) is 6.07. The van der Waals surface area contributed by atoms with Crippen LogP contribution < -0.4 is 10.6 Å². The normalized spacial score (nSPS) is 17.9. The van der Waals surface area contributed by atoms with Gasteiger partial charge in [-0.1, -0.05) is 0 Å². The summed E-state index contributed by atoms with van der Waals surface area (Å²) < 4.78 is 0. The molecule has 0 unspecified atom stereocenters. The molecule has 0 radical (unpaired) electrons. The highest BCUT2D eigenvalue weighted by molar-refractivity contribution is 8.00. The maximum absolute atomic E-state index is 11.9. The van der Waals surface area contributed by atoms with Crippen LogP contribution in [0.3, 0.4) is 0 Å². The molecule has 1 aliphatic heterocycles. The summed E-state index contributed by atoms with van der Waals surface area (Å²) in [5.74, 6) is 1.04. The van der Waals surface area contributed by atoms with Crippen molar-refractivity contribution in [1.29, 1.82) is 0 Å². The quantitative estimate of drug-likeness (QED) is 0.874. The van der Waals surface area contributed by atoms with Crippen molar-refractivity contribution in [2.75, 3.05) is 17.6 Å².